The minimum atomic E-state index is -2.68. The lowest BCUT2D eigenvalue weighted by atomic mass is 9.56. The zero-order valence-electron chi connectivity index (χ0n) is 24.5. The molecule has 0 saturated carbocycles. The molecule has 3 aliphatic rings. The molecule has 3 fully saturated rings. The van der Waals surface area contributed by atoms with Gasteiger partial charge in [0.15, 0.2) is 12.1 Å². The summed E-state index contributed by atoms with van der Waals surface area (Å²) < 4.78 is 11.9. The second-order valence-corrected chi connectivity index (χ2v) is 12.3. The number of pyridine rings is 1. The summed E-state index contributed by atoms with van der Waals surface area (Å²) in [5.74, 6) is -3.16. The van der Waals surface area contributed by atoms with Crippen LogP contribution in [0.1, 0.15) is 37.7 Å². The zero-order valence-corrected chi connectivity index (χ0v) is 24.5. The number of rotatable bonds is 9. The molecule has 4 heterocycles. The number of aliphatic hydroxyl groups is 1. The molecule has 3 N–H and O–H groups in total. The van der Waals surface area contributed by atoms with Crippen molar-refractivity contribution in [2.75, 3.05) is 27.2 Å². The van der Waals surface area contributed by atoms with Crippen LogP contribution in [0.25, 0.3) is 11.3 Å². The molecule has 3 saturated heterocycles. The number of aliphatic hydroxyl groups excluding tert-OH is 1. The summed E-state index contributed by atoms with van der Waals surface area (Å²) in [4.78, 5) is 59.6. The van der Waals surface area contributed by atoms with Crippen molar-refractivity contribution in [3.8, 4) is 11.3 Å². The molecule has 0 bridgehead atoms. The molecule has 0 unspecified atom stereocenters. The van der Waals surface area contributed by atoms with Crippen LogP contribution in [0, 0.1) is 5.92 Å². The number of nitrogens with zero attached hydrogens (tertiary/aromatic N) is 3. The second kappa shape index (κ2) is 11.1. The molecule has 224 valence electrons. The minimum Gasteiger partial charge on any atom is -0.599 e. The molecule has 2 amide bonds. The molecule has 5 atom stereocenters. The first-order valence-electron chi connectivity index (χ1n) is 14.3. The van der Waals surface area contributed by atoms with E-state index in [9.17, 15) is 24.3 Å². The quantitative estimate of drug-likeness (QED) is 0.361. The molecule has 0 radical (unpaired) electrons. The SMILES string of the molecule is CC(C)C[C@H](NC(=O)[C@@H](NC(=O)c1cccc(-c2ccccc2)n1)[C@@H](C)O)[B-]12OC(=O)[C@@H]3CN(C)C[C@@H](C(=O)O1)[N+]32C. The number of likely N-dealkylation sites (N-methyl/N-ethyl adjacent to an activating group) is 2. The zero-order chi connectivity index (χ0) is 30.4. The Labute approximate surface area is 245 Å². The first-order valence-corrected chi connectivity index (χ1v) is 14.3. The Morgan fingerprint density at radius 2 is 1.64 bits per heavy atom. The Morgan fingerprint density at radius 1 is 1.02 bits per heavy atom. The van der Waals surface area contributed by atoms with Crippen LogP contribution < -0.4 is 10.6 Å². The van der Waals surface area contributed by atoms with Gasteiger partial charge in [0.2, 0.25) is 5.91 Å². The highest BCUT2D eigenvalue weighted by Crippen LogP contribution is 2.47. The van der Waals surface area contributed by atoms with E-state index in [1.54, 1.807) is 19.2 Å². The van der Waals surface area contributed by atoms with Crippen LogP contribution in [0.15, 0.2) is 48.5 Å². The number of quaternary nitrogens is 1. The van der Waals surface area contributed by atoms with Gasteiger partial charge in [-0.2, -0.15) is 0 Å². The monoisotopic (exact) mass is 579 g/mol. The van der Waals surface area contributed by atoms with Crippen molar-refractivity contribution in [1.82, 2.24) is 20.5 Å². The highest BCUT2D eigenvalue weighted by molar-refractivity contribution is 6.68. The maximum absolute atomic E-state index is 13.7. The maximum atomic E-state index is 13.7. The van der Waals surface area contributed by atoms with Gasteiger partial charge in [-0.1, -0.05) is 50.2 Å². The topological polar surface area (TPSA) is 147 Å². The third-order valence-corrected chi connectivity index (χ3v) is 8.87. The van der Waals surface area contributed by atoms with E-state index in [-0.39, 0.29) is 16.0 Å². The third kappa shape index (κ3) is 4.95. The minimum absolute atomic E-state index is 0.0191. The fourth-order valence-electron chi connectivity index (χ4n) is 6.70. The molecule has 0 aliphatic carbocycles. The first kappa shape index (κ1) is 29.7. The normalized spacial score (nSPS) is 28.8. The summed E-state index contributed by atoms with van der Waals surface area (Å²) >= 11 is 0. The Morgan fingerprint density at radius 3 is 2.21 bits per heavy atom. The van der Waals surface area contributed by atoms with E-state index in [0.29, 0.717) is 25.2 Å². The van der Waals surface area contributed by atoms with E-state index in [1.807, 2.05) is 56.1 Å². The van der Waals surface area contributed by atoms with Crippen LogP contribution in [-0.2, 0) is 23.7 Å². The summed E-state index contributed by atoms with van der Waals surface area (Å²) in [6.45, 7) is 3.37. The lowest BCUT2D eigenvalue weighted by molar-refractivity contribution is -0.849. The summed E-state index contributed by atoms with van der Waals surface area (Å²) in [6, 6.07) is 11.7. The van der Waals surface area contributed by atoms with Crippen molar-refractivity contribution in [1.29, 1.82) is 0 Å². The summed E-state index contributed by atoms with van der Waals surface area (Å²) in [6.07, 6.45) is -0.946. The molecular formula is C29H38BN5O7. The van der Waals surface area contributed by atoms with E-state index in [1.165, 1.54) is 13.0 Å². The van der Waals surface area contributed by atoms with Crippen molar-refractivity contribution in [2.45, 2.75) is 57.4 Å². The Balaban J connectivity index is 1.41. The van der Waals surface area contributed by atoms with Gasteiger partial charge < -0.3 is 29.4 Å². The smallest absolute Gasteiger partial charge is 0.599 e. The second-order valence-electron chi connectivity index (χ2n) is 12.3. The molecule has 1 aromatic carbocycles. The molecule has 5 rings (SSSR count). The highest BCUT2D eigenvalue weighted by atomic mass is 16.7. The Kier molecular flexibility index (Phi) is 7.86. The number of aromatic nitrogens is 1. The van der Waals surface area contributed by atoms with E-state index in [4.69, 9.17) is 9.31 Å². The molecule has 2 aromatic rings. The molecule has 42 heavy (non-hydrogen) atoms. The van der Waals surface area contributed by atoms with Crippen LogP contribution in [0.5, 0.6) is 0 Å². The lowest BCUT2D eigenvalue weighted by Crippen LogP contribution is -2.78. The molecule has 0 spiro atoms. The first-order chi connectivity index (χ1) is 19.9. The van der Waals surface area contributed by atoms with E-state index in [2.05, 4.69) is 15.6 Å². The molecule has 1 aromatic heterocycles. The fourth-order valence-corrected chi connectivity index (χ4v) is 6.70. The summed E-state index contributed by atoms with van der Waals surface area (Å²) in [5, 5.41) is 16.1. The number of carbonyl (C=O) groups excluding carboxylic acids is 4. The van der Waals surface area contributed by atoms with Crippen molar-refractivity contribution in [2.24, 2.45) is 5.92 Å². The molecular weight excluding hydrogens is 541 g/mol. The Bertz CT molecular complexity index is 1360. The van der Waals surface area contributed by atoms with Crippen LogP contribution >= 0.6 is 0 Å². The van der Waals surface area contributed by atoms with Gasteiger partial charge in [0, 0.05) is 12.6 Å². The summed E-state index contributed by atoms with van der Waals surface area (Å²) in [7, 11) is 3.63. The number of hydrogen-bond acceptors (Lipinski definition) is 9. The highest BCUT2D eigenvalue weighted by Gasteiger charge is 2.77. The van der Waals surface area contributed by atoms with Crippen LogP contribution in [-0.4, -0.2) is 107 Å². The molecule has 13 heteroatoms. The van der Waals surface area contributed by atoms with Gasteiger partial charge in [-0.25, -0.2) is 14.6 Å². The fraction of sp³-hybridized carbons (Fsp3) is 0.483. The number of piperazine rings is 1. The number of benzene rings is 1. The van der Waals surface area contributed by atoms with E-state index >= 15 is 0 Å². The maximum Gasteiger partial charge on any atom is 0.606 e. The van der Waals surface area contributed by atoms with Crippen molar-refractivity contribution in [3.63, 3.8) is 0 Å². The van der Waals surface area contributed by atoms with Gasteiger partial charge in [-0.05, 0) is 38.4 Å². The van der Waals surface area contributed by atoms with Crippen molar-refractivity contribution < 1.29 is 38.0 Å². The Hall–Kier alpha value is -3.81. The average Bonchev–Trinajstić information content (AvgIpc) is 3.30. The van der Waals surface area contributed by atoms with Crippen molar-refractivity contribution >= 4 is 30.4 Å². The number of nitrogens with one attached hydrogen (secondary N) is 2. The summed E-state index contributed by atoms with van der Waals surface area (Å²) in [5.41, 5.74) is 1.48. The standard InChI is InChI=1S/C29H38BN5O7/c1-17(2)14-24(30-35(5)22(28(39)41-30)15-34(4)16-23(35)29(40)42-30)32-27(38)25(18(3)36)33-26(37)21-13-9-12-20(31-21)19-10-7-6-8-11-19/h6-13,17-18,22-25,36H,14-16H2,1-5H3,(H,32,38)(H,33,37)/t18-,22+,23+,24+,25+,30?,35?/m1/s1. The average molecular weight is 579 g/mol. The van der Waals surface area contributed by atoms with Gasteiger partial charge in [0.05, 0.1) is 30.8 Å². The van der Waals surface area contributed by atoms with Gasteiger partial charge in [0.25, 0.3) is 5.91 Å². The third-order valence-electron chi connectivity index (χ3n) is 8.87. The largest absolute Gasteiger partial charge is 0.606 e. The van der Waals surface area contributed by atoms with Gasteiger partial charge >= 0.3 is 18.6 Å². The van der Waals surface area contributed by atoms with Crippen molar-refractivity contribution in [3.05, 3.63) is 54.2 Å². The molecule has 12 nitrogen and oxygen atoms in total. The van der Waals surface area contributed by atoms with Crippen LogP contribution in [0.2, 0.25) is 0 Å². The van der Waals surface area contributed by atoms with Crippen LogP contribution in [0.3, 0.4) is 0 Å². The van der Waals surface area contributed by atoms with Gasteiger partial charge in [0.1, 0.15) is 11.7 Å². The number of carbonyl (C=O) groups is 4. The van der Waals surface area contributed by atoms with Gasteiger partial charge in [-0.3, -0.25) is 14.5 Å². The van der Waals surface area contributed by atoms with Crippen LogP contribution in [0.4, 0.5) is 0 Å². The molecule has 3 aliphatic heterocycles. The van der Waals surface area contributed by atoms with E-state index < -0.39 is 60.6 Å². The van der Waals surface area contributed by atoms with Gasteiger partial charge in [-0.15, -0.1) is 0 Å². The predicted molar refractivity (Wildman–Crippen MR) is 153 cm³/mol. The number of amides is 2. The predicted octanol–water partition coefficient (Wildman–Crippen LogP) is 0.480. The number of hydrogen-bond donors (Lipinski definition) is 3. The lowest BCUT2D eigenvalue weighted by Gasteiger charge is -2.53. The van der Waals surface area contributed by atoms with E-state index in [0.717, 1.165) is 5.56 Å².